The maximum Gasteiger partial charge on any atom is 0.341 e. The Kier molecular flexibility index (Phi) is 5.61. The van der Waals surface area contributed by atoms with Gasteiger partial charge >= 0.3 is 5.97 Å². The predicted octanol–water partition coefficient (Wildman–Crippen LogP) is 3.69. The fourth-order valence-corrected chi connectivity index (χ4v) is 3.44. The quantitative estimate of drug-likeness (QED) is 0.766. The van der Waals surface area contributed by atoms with Crippen molar-refractivity contribution in [3.63, 3.8) is 0 Å². The van der Waals surface area contributed by atoms with E-state index in [-0.39, 0.29) is 22.6 Å². The van der Waals surface area contributed by atoms with Gasteiger partial charge < -0.3 is 9.84 Å². The first-order chi connectivity index (χ1) is 13.0. The number of para-hydroxylation sites is 1. The van der Waals surface area contributed by atoms with E-state index in [0.29, 0.717) is 11.3 Å². The van der Waals surface area contributed by atoms with E-state index in [4.69, 9.17) is 9.84 Å². The Balaban J connectivity index is 1.83. The lowest BCUT2D eigenvalue weighted by molar-refractivity contribution is -0.139. The average molecular weight is 383 g/mol. The van der Waals surface area contributed by atoms with E-state index in [9.17, 15) is 14.4 Å². The van der Waals surface area contributed by atoms with Gasteiger partial charge in [-0.3, -0.25) is 14.5 Å². The summed E-state index contributed by atoms with van der Waals surface area (Å²) in [5.74, 6) is -1.13. The Morgan fingerprint density at radius 2 is 1.85 bits per heavy atom. The zero-order valence-corrected chi connectivity index (χ0v) is 15.4. The zero-order valence-electron chi connectivity index (χ0n) is 14.5. The summed E-state index contributed by atoms with van der Waals surface area (Å²) in [6.07, 6.45) is 1.56. The Hall–Kier alpha value is -3.06. The topological polar surface area (TPSA) is 83.9 Å². The number of imide groups is 1. The molecule has 0 unspecified atom stereocenters. The van der Waals surface area contributed by atoms with Gasteiger partial charge in [0.1, 0.15) is 5.75 Å². The smallest absolute Gasteiger partial charge is 0.341 e. The number of aryl methyl sites for hydroxylation is 1. The largest absolute Gasteiger partial charge is 0.481 e. The van der Waals surface area contributed by atoms with Gasteiger partial charge in [0.15, 0.2) is 6.61 Å². The molecule has 0 bridgehead atoms. The van der Waals surface area contributed by atoms with Crippen LogP contribution in [-0.4, -0.2) is 33.7 Å². The van der Waals surface area contributed by atoms with E-state index >= 15 is 0 Å². The van der Waals surface area contributed by atoms with E-state index < -0.39 is 12.6 Å². The maximum atomic E-state index is 12.7. The predicted molar refractivity (Wildman–Crippen MR) is 102 cm³/mol. The van der Waals surface area contributed by atoms with Crippen molar-refractivity contribution in [2.24, 2.45) is 0 Å². The molecule has 1 aliphatic heterocycles. The summed E-state index contributed by atoms with van der Waals surface area (Å²) in [5.41, 5.74) is 2.46. The average Bonchev–Trinajstić information content (AvgIpc) is 2.90. The lowest BCUT2D eigenvalue weighted by Crippen LogP contribution is -2.27. The molecule has 2 aromatic rings. The summed E-state index contributed by atoms with van der Waals surface area (Å²) in [5, 5.41) is 8.44. The number of rotatable bonds is 6. The number of nitrogens with zero attached hydrogens (tertiary/aromatic N) is 1. The second-order valence-electron chi connectivity index (χ2n) is 5.91. The van der Waals surface area contributed by atoms with Crippen molar-refractivity contribution in [2.45, 2.75) is 13.5 Å². The van der Waals surface area contributed by atoms with Crippen molar-refractivity contribution in [3.05, 3.63) is 70.1 Å². The van der Waals surface area contributed by atoms with Crippen LogP contribution in [0.4, 0.5) is 4.79 Å². The molecule has 1 heterocycles. The van der Waals surface area contributed by atoms with Crippen molar-refractivity contribution in [1.29, 1.82) is 0 Å². The number of hydrogen-bond acceptors (Lipinski definition) is 5. The second kappa shape index (κ2) is 8.09. The molecule has 3 rings (SSSR count). The molecular weight excluding hydrogens is 366 g/mol. The molecule has 6 nitrogen and oxygen atoms in total. The molecule has 27 heavy (non-hydrogen) atoms. The number of amides is 2. The molecule has 0 saturated carbocycles. The molecule has 1 fully saturated rings. The Labute approximate surface area is 160 Å². The van der Waals surface area contributed by atoms with Gasteiger partial charge in [-0.15, -0.1) is 0 Å². The fourth-order valence-electron chi connectivity index (χ4n) is 2.61. The molecule has 0 atom stereocenters. The summed E-state index contributed by atoms with van der Waals surface area (Å²) in [6, 6.07) is 14.4. The molecule has 1 N–H and O–H groups in total. The molecule has 0 aliphatic carbocycles. The minimum atomic E-state index is -1.09. The van der Waals surface area contributed by atoms with E-state index in [2.05, 4.69) is 0 Å². The lowest BCUT2D eigenvalue weighted by Gasteiger charge is -2.14. The Morgan fingerprint density at radius 3 is 2.59 bits per heavy atom. The summed E-state index contributed by atoms with van der Waals surface area (Å²) >= 11 is 0.861. The molecule has 1 saturated heterocycles. The molecule has 0 radical (unpaired) electrons. The highest BCUT2D eigenvalue weighted by Gasteiger charge is 2.35. The van der Waals surface area contributed by atoms with Crippen molar-refractivity contribution < 1.29 is 24.2 Å². The zero-order chi connectivity index (χ0) is 19.4. The van der Waals surface area contributed by atoms with Gasteiger partial charge in [0.05, 0.1) is 11.4 Å². The fraction of sp³-hybridized carbons (Fsp3) is 0.150. The van der Waals surface area contributed by atoms with Gasteiger partial charge in [0.2, 0.25) is 0 Å². The summed E-state index contributed by atoms with van der Waals surface area (Å²) in [4.78, 5) is 37.2. The molecule has 2 aromatic carbocycles. The monoisotopic (exact) mass is 383 g/mol. The van der Waals surface area contributed by atoms with Gasteiger partial charge in [-0.2, -0.15) is 0 Å². The van der Waals surface area contributed by atoms with Crippen molar-refractivity contribution >= 4 is 35.0 Å². The minimum Gasteiger partial charge on any atom is -0.481 e. The summed E-state index contributed by atoms with van der Waals surface area (Å²) in [7, 11) is 0. The van der Waals surface area contributed by atoms with Crippen LogP contribution in [-0.2, 0) is 16.1 Å². The molecule has 7 heteroatoms. The number of carboxylic acids is 1. The number of carbonyl (C=O) groups excluding carboxylic acids is 2. The summed E-state index contributed by atoms with van der Waals surface area (Å²) in [6.45, 7) is 1.66. The third-order valence-electron chi connectivity index (χ3n) is 4.02. The standard InChI is InChI=1S/C20H17NO5S/c1-13-6-2-3-8-15(13)11-21-19(24)17(27-20(21)25)10-14-7-4-5-9-16(14)26-12-18(22)23/h2-10H,11-12H2,1H3,(H,22,23)/b17-10-. The SMILES string of the molecule is Cc1ccccc1CN1C(=O)S/C(=C\c2ccccc2OCC(=O)O)C1=O. The maximum absolute atomic E-state index is 12.7. The van der Waals surface area contributed by atoms with Gasteiger partial charge in [-0.1, -0.05) is 42.5 Å². The van der Waals surface area contributed by atoms with Gasteiger partial charge in [-0.25, -0.2) is 4.79 Å². The van der Waals surface area contributed by atoms with E-state index in [1.807, 2.05) is 31.2 Å². The van der Waals surface area contributed by atoms with Gasteiger partial charge in [-0.05, 0) is 42.0 Å². The number of benzene rings is 2. The van der Waals surface area contributed by atoms with Crippen LogP contribution in [0, 0.1) is 6.92 Å². The molecule has 1 aliphatic rings. The number of carboxylic acid groups (broad SMARTS) is 1. The van der Waals surface area contributed by atoms with Crippen LogP contribution in [0.5, 0.6) is 5.75 Å². The first-order valence-electron chi connectivity index (χ1n) is 8.19. The third kappa shape index (κ3) is 4.38. The number of aliphatic carboxylic acids is 1. The number of ether oxygens (including phenoxy) is 1. The highest BCUT2D eigenvalue weighted by molar-refractivity contribution is 8.18. The first-order valence-corrected chi connectivity index (χ1v) is 9.01. The van der Waals surface area contributed by atoms with Crippen molar-refractivity contribution in [2.75, 3.05) is 6.61 Å². The van der Waals surface area contributed by atoms with Crippen molar-refractivity contribution in [1.82, 2.24) is 4.90 Å². The number of hydrogen-bond donors (Lipinski definition) is 1. The molecule has 138 valence electrons. The van der Waals surface area contributed by atoms with Crippen molar-refractivity contribution in [3.8, 4) is 5.75 Å². The van der Waals surface area contributed by atoms with Crippen LogP contribution < -0.4 is 4.74 Å². The van der Waals surface area contributed by atoms with Gasteiger partial charge in [0, 0.05) is 5.56 Å². The van der Waals surface area contributed by atoms with Crippen LogP contribution in [0.2, 0.25) is 0 Å². The van der Waals surface area contributed by atoms with Crippen LogP contribution in [0.15, 0.2) is 53.4 Å². The second-order valence-corrected chi connectivity index (χ2v) is 6.91. The van der Waals surface area contributed by atoms with Crippen LogP contribution in [0.25, 0.3) is 6.08 Å². The highest BCUT2D eigenvalue weighted by atomic mass is 32.2. The first kappa shape index (κ1) is 18.7. The number of carbonyl (C=O) groups is 3. The number of thioether (sulfide) groups is 1. The Morgan fingerprint density at radius 1 is 1.15 bits per heavy atom. The lowest BCUT2D eigenvalue weighted by atomic mass is 10.1. The molecular formula is C20H17NO5S. The third-order valence-corrected chi connectivity index (χ3v) is 4.93. The van der Waals surface area contributed by atoms with E-state index in [1.54, 1.807) is 30.3 Å². The molecule has 0 aromatic heterocycles. The van der Waals surface area contributed by atoms with Crippen LogP contribution >= 0.6 is 11.8 Å². The highest BCUT2D eigenvalue weighted by Crippen LogP contribution is 2.35. The van der Waals surface area contributed by atoms with E-state index in [1.165, 1.54) is 4.90 Å². The minimum absolute atomic E-state index is 0.214. The van der Waals surface area contributed by atoms with Crippen LogP contribution in [0.1, 0.15) is 16.7 Å². The molecule has 0 spiro atoms. The van der Waals surface area contributed by atoms with E-state index in [0.717, 1.165) is 22.9 Å². The van der Waals surface area contributed by atoms with Gasteiger partial charge in [0.25, 0.3) is 11.1 Å². The van der Waals surface area contributed by atoms with Crippen LogP contribution in [0.3, 0.4) is 0 Å². The Bertz CT molecular complexity index is 937. The normalized spacial score (nSPS) is 15.4. The molecule has 2 amide bonds. The summed E-state index contributed by atoms with van der Waals surface area (Å²) < 4.78 is 5.25.